The second-order valence-corrected chi connectivity index (χ2v) is 10.3. The lowest BCUT2D eigenvalue weighted by molar-refractivity contribution is 0.0456. The third-order valence-corrected chi connectivity index (χ3v) is 6.15. The van der Waals surface area contributed by atoms with Crippen molar-refractivity contribution in [3.63, 3.8) is 0 Å². The summed E-state index contributed by atoms with van der Waals surface area (Å²) in [5.74, 6) is 2.30. The lowest BCUT2D eigenvalue weighted by Crippen LogP contribution is -2.36. The van der Waals surface area contributed by atoms with Gasteiger partial charge in [-0.2, -0.15) is 4.98 Å². The largest absolute Gasteiger partial charge is 0.444 e. The molecule has 10 heteroatoms. The van der Waals surface area contributed by atoms with Crippen molar-refractivity contribution in [1.82, 2.24) is 15.3 Å². The van der Waals surface area contributed by atoms with Gasteiger partial charge in [0.2, 0.25) is 5.88 Å². The average Bonchev–Trinajstić information content (AvgIpc) is 2.93. The molecule has 0 aliphatic carbocycles. The number of carbonyl (C=O) groups excluding carboxylic acids is 1. The molecule has 10 nitrogen and oxygen atoms in total. The number of carbonyl (C=O) groups is 1. The predicted molar refractivity (Wildman–Crippen MR) is 152 cm³/mol. The van der Waals surface area contributed by atoms with Crippen LogP contribution in [0.25, 0.3) is 16.0 Å². The first kappa shape index (κ1) is 28.8. The van der Waals surface area contributed by atoms with E-state index >= 15 is 0 Å². The van der Waals surface area contributed by atoms with Gasteiger partial charge in [0, 0.05) is 31.8 Å². The van der Waals surface area contributed by atoms with Crippen LogP contribution >= 0.6 is 0 Å². The number of hydrogen-bond acceptors (Lipinski definition) is 8. The highest BCUT2D eigenvalue weighted by molar-refractivity contribution is 5.74. The second kappa shape index (κ2) is 12.8. The van der Waals surface area contributed by atoms with E-state index in [1.165, 1.54) is 0 Å². The Hall–Kier alpha value is -4.20. The second-order valence-electron chi connectivity index (χ2n) is 10.3. The summed E-state index contributed by atoms with van der Waals surface area (Å²) in [4.78, 5) is 26.9. The molecule has 0 spiro atoms. The predicted octanol–water partition coefficient (Wildman–Crippen LogP) is 5.84. The summed E-state index contributed by atoms with van der Waals surface area (Å²) in [6, 6.07) is 15.0. The summed E-state index contributed by atoms with van der Waals surface area (Å²) >= 11 is 0. The SMILES string of the molecule is [C-]#[N+]c1ccc(-c2ccc(C(CNC(=O)OC(C)(C)C)OC)cc2)c(Oc2cc(N3CCOCC3)nc(C)n2)c1. The molecular weight excluding hydrogens is 510 g/mol. The molecule has 210 valence electrons. The number of amides is 1. The number of alkyl carbamates (subject to hydrolysis) is 1. The first-order valence-corrected chi connectivity index (χ1v) is 13.1. The van der Waals surface area contributed by atoms with Gasteiger partial charge in [-0.05, 0) is 44.9 Å². The van der Waals surface area contributed by atoms with Crippen LogP contribution in [-0.2, 0) is 14.2 Å². The van der Waals surface area contributed by atoms with Crippen LogP contribution in [0.4, 0.5) is 16.3 Å². The summed E-state index contributed by atoms with van der Waals surface area (Å²) in [5, 5.41) is 2.76. The Labute approximate surface area is 235 Å². The topological polar surface area (TPSA) is 99.4 Å². The van der Waals surface area contributed by atoms with Crippen LogP contribution in [0.3, 0.4) is 0 Å². The monoisotopic (exact) mass is 545 g/mol. The zero-order valence-electron chi connectivity index (χ0n) is 23.6. The van der Waals surface area contributed by atoms with Crippen LogP contribution in [-0.4, -0.2) is 61.6 Å². The molecule has 1 aliphatic rings. The van der Waals surface area contributed by atoms with E-state index < -0.39 is 11.7 Å². The number of aromatic nitrogens is 2. The van der Waals surface area contributed by atoms with Crippen molar-refractivity contribution in [3.05, 3.63) is 71.3 Å². The molecule has 4 rings (SSSR count). The third kappa shape index (κ3) is 7.68. The Morgan fingerprint density at radius 2 is 1.85 bits per heavy atom. The third-order valence-electron chi connectivity index (χ3n) is 6.15. The van der Waals surface area contributed by atoms with Crippen molar-refractivity contribution in [1.29, 1.82) is 0 Å². The van der Waals surface area contributed by atoms with Gasteiger partial charge in [-0.15, -0.1) is 0 Å². The molecule has 40 heavy (non-hydrogen) atoms. The van der Waals surface area contributed by atoms with Crippen LogP contribution in [0.1, 0.15) is 38.3 Å². The first-order chi connectivity index (χ1) is 19.1. The number of anilines is 1. The molecule has 1 fully saturated rings. The van der Waals surface area contributed by atoms with E-state index in [1.54, 1.807) is 19.2 Å². The normalized spacial score (nSPS) is 14.2. The molecule has 0 bridgehead atoms. The fourth-order valence-electron chi connectivity index (χ4n) is 4.25. The summed E-state index contributed by atoms with van der Waals surface area (Å²) < 4.78 is 22.7. The molecule has 3 aromatic rings. The Balaban J connectivity index is 1.55. The smallest absolute Gasteiger partial charge is 0.407 e. The average molecular weight is 546 g/mol. The van der Waals surface area contributed by atoms with E-state index in [4.69, 9.17) is 25.5 Å². The molecule has 1 aliphatic heterocycles. The van der Waals surface area contributed by atoms with Gasteiger partial charge in [0.25, 0.3) is 0 Å². The van der Waals surface area contributed by atoms with E-state index in [2.05, 4.69) is 25.0 Å². The van der Waals surface area contributed by atoms with Crippen molar-refractivity contribution < 1.29 is 23.7 Å². The lowest BCUT2D eigenvalue weighted by atomic mass is 10.0. The minimum Gasteiger partial charge on any atom is -0.444 e. The summed E-state index contributed by atoms with van der Waals surface area (Å²) in [6.45, 7) is 17.8. The van der Waals surface area contributed by atoms with Gasteiger partial charge in [-0.25, -0.2) is 14.6 Å². The number of methoxy groups -OCH3 is 1. The quantitative estimate of drug-likeness (QED) is 0.352. The number of hydrogen-bond donors (Lipinski definition) is 1. The van der Waals surface area contributed by atoms with Crippen LogP contribution in [0.2, 0.25) is 0 Å². The molecular formula is C30H35N5O5. The number of ether oxygens (including phenoxy) is 4. The van der Waals surface area contributed by atoms with Crippen molar-refractivity contribution in [2.24, 2.45) is 0 Å². The number of rotatable bonds is 8. The highest BCUT2D eigenvalue weighted by Crippen LogP contribution is 2.37. The van der Waals surface area contributed by atoms with Gasteiger partial charge in [0.05, 0.1) is 32.4 Å². The van der Waals surface area contributed by atoms with Gasteiger partial charge in [0.15, 0.2) is 5.69 Å². The maximum absolute atomic E-state index is 12.1. The number of benzene rings is 2. The van der Waals surface area contributed by atoms with Gasteiger partial charge in [-0.1, -0.05) is 36.4 Å². The van der Waals surface area contributed by atoms with Crippen molar-refractivity contribution in [2.45, 2.75) is 39.4 Å². The molecule has 1 amide bonds. The van der Waals surface area contributed by atoms with Crippen molar-refractivity contribution in [2.75, 3.05) is 44.9 Å². The highest BCUT2D eigenvalue weighted by Gasteiger charge is 2.19. The van der Waals surface area contributed by atoms with E-state index in [1.807, 2.05) is 64.1 Å². The molecule has 0 radical (unpaired) electrons. The molecule has 1 aromatic heterocycles. The minimum absolute atomic E-state index is 0.261. The zero-order chi connectivity index (χ0) is 28.7. The molecule has 1 unspecified atom stereocenters. The Morgan fingerprint density at radius 3 is 2.50 bits per heavy atom. The Kier molecular flexibility index (Phi) is 9.19. The van der Waals surface area contributed by atoms with Gasteiger partial charge in [-0.3, -0.25) is 0 Å². The van der Waals surface area contributed by atoms with Gasteiger partial charge in [0.1, 0.15) is 23.0 Å². The van der Waals surface area contributed by atoms with E-state index in [9.17, 15) is 4.79 Å². The maximum atomic E-state index is 12.1. The van der Waals surface area contributed by atoms with Gasteiger partial charge < -0.3 is 29.2 Å². The van der Waals surface area contributed by atoms with Crippen LogP contribution in [0.5, 0.6) is 11.6 Å². The molecule has 1 N–H and O–H groups in total. The Morgan fingerprint density at radius 1 is 1.12 bits per heavy atom. The molecule has 2 aromatic carbocycles. The summed E-state index contributed by atoms with van der Waals surface area (Å²) in [5.41, 5.74) is 2.48. The number of morpholine rings is 1. The highest BCUT2D eigenvalue weighted by atomic mass is 16.6. The molecule has 2 heterocycles. The molecule has 0 saturated carbocycles. The maximum Gasteiger partial charge on any atom is 0.407 e. The van der Waals surface area contributed by atoms with Crippen LogP contribution in [0, 0.1) is 13.5 Å². The standard InChI is InChI=1S/C30H35N5O5/c1-20-33-27(35-13-15-38-16-14-35)18-28(34-20)39-25-17-23(31-5)11-12-24(25)21-7-9-22(10-8-21)26(37-6)19-32-29(36)40-30(2,3)4/h7-12,17-18,26H,13-16,19H2,1-4,6H3,(H,32,36). The van der Waals surface area contributed by atoms with E-state index in [0.717, 1.165) is 35.6 Å². The summed E-state index contributed by atoms with van der Waals surface area (Å²) in [6.07, 6.45) is -0.853. The number of nitrogens with zero attached hydrogens (tertiary/aromatic N) is 4. The van der Waals surface area contributed by atoms with E-state index in [0.29, 0.717) is 36.4 Å². The van der Waals surface area contributed by atoms with E-state index in [-0.39, 0.29) is 12.6 Å². The number of aryl methyl sites for hydroxylation is 1. The fraction of sp³-hybridized carbons (Fsp3) is 0.400. The first-order valence-electron chi connectivity index (χ1n) is 13.1. The fourth-order valence-corrected chi connectivity index (χ4v) is 4.25. The van der Waals surface area contributed by atoms with Crippen LogP contribution in [0.15, 0.2) is 48.5 Å². The van der Waals surface area contributed by atoms with Crippen molar-refractivity contribution >= 4 is 17.6 Å². The molecule has 1 saturated heterocycles. The van der Waals surface area contributed by atoms with Crippen molar-refractivity contribution in [3.8, 4) is 22.8 Å². The molecule has 1 atom stereocenters. The van der Waals surface area contributed by atoms with Crippen LogP contribution < -0.4 is 15.0 Å². The zero-order valence-corrected chi connectivity index (χ0v) is 23.6. The lowest BCUT2D eigenvalue weighted by Gasteiger charge is -2.28. The summed E-state index contributed by atoms with van der Waals surface area (Å²) in [7, 11) is 1.60. The number of nitrogens with one attached hydrogen (secondary N) is 1. The van der Waals surface area contributed by atoms with Gasteiger partial charge >= 0.3 is 6.09 Å². The minimum atomic E-state index is -0.578. The Bertz CT molecular complexity index is 1360.